The lowest BCUT2D eigenvalue weighted by Gasteiger charge is -2.28. The number of aliphatic hydroxyl groups excluding tert-OH is 1. The van der Waals surface area contributed by atoms with E-state index in [1.807, 2.05) is 20.8 Å². The van der Waals surface area contributed by atoms with Crippen molar-refractivity contribution in [1.29, 1.82) is 0 Å². The van der Waals surface area contributed by atoms with Crippen LogP contribution in [-0.2, 0) is 4.74 Å². The van der Waals surface area contributed by atoms with Gasteiger partial charge < -0.3 is 15.6 Å². The molecule has 0 amide bonds. The number of aliphatic hydroxyl groups is 1. The van der Waals surface area contributed by atoms with E-state index in [0.29, 0.717) is 13.0 Å². The zero-order valence-corrected chi connectivity index (χ0v) is 9.21. The summed E-state index contributed by atoms with van der Waals surface area (Å²) < 4.78 is 4.92. The Balaban J connectivity index is 3.71. The van der Waals surface area contributed by atoms with Crippen LogP contribution < -0.4 is 5.73 Å². The summed E-state index contributed by atoms with van der Waals surface area (Å²) in [6.07, 6.45) is 1.12. The molecule has 2 atom stereocenters. The molecule has 0 aliphatic rings. The molecule has 0 aromatic rings. The largest absolute Gasteiger partial charge is 0.393 e. The van der Waals surface area contributed by atoms with Gasteiger partial charge in [-0.2, -0.15) is 0 Å². The van der Waals surface area contributed by atoms with Crippen molar-refractivity contribution in [2.24, 2.45) is 11.1 Å². The number of rotatable bonds is 5. The van der Waals surface area contributed by atoms with E-state index in [2.05, 4.69) is 0 Å². The highest BCUT2D eigenvalue weighted by atomic mass is 16.5. The Morgan fingerprint density at radius 2 is 1.92 bits per heavy atom. The van der Waals surface area contributed by atoms with Crippen molar-refractivity contribution in [3.63, 3.8) is 0 Å². The fourth-order valence-electron chi connectivity index (χ4n) is 1.03. The van der Waals surface area contributed by atoms with E-state index in [-0.39, 0.29) is 17.6 Å². The summed E-state index contributed by atoms with van der Waals surface area (Å²) in [6.45, 7) is 6.71. The predicted octanol–water partition coefficient (Wildman–Crippen LogP) is 1.15. The fourth-order valence-corrected chi connectivity index (χ4v) is 1.03. The van der Waals surface area contributed by atoms with Gasteiger partial charge >= 0.3 is 0 Å². The third-order valence-corrected chi connectivity index (χ3v) is 2.22. The second-order valence-corrected chi connectivity index (χ2v) is 4.66. The molecule has 0 saturated carbocycles. The third kappa shape index (κ3) is 6.02. The van der Waals surface area contributed by atoms with E-state index in [9.17, 15) is 5.11 Å². The molecule has 2 unspecified atom stereocenters. The van der Waals surface area contributed by atoms with Crippen LogP contribution in [0.15, 0.2) is 0 Å². The molecule has 0 bridgehead atoms. The molecule has 0 rings (SSSR count). The molecule has 0 saturated heterocycles. The normalized spacial score (nSPS) is 17.1. The van der Waals surface area contributed by atoms with Crippen molar-refractivity contribution < 1.29 is 9.84 Å². The Morgan fingerprint density at radius 1 is 1.38 bits per heavy atom. The van der Waals surface area contributed by atoms with Crippen LogP contribution in [0.1, 0.15) is 33.6 Å². The van der Waals surface area contributed by atoms with Crippen LogP contribution in [0.25, 0.3) is 0 Å². The van der Waals surface area contributed by atoms with Gasteiger partial charge in [0.2, 0.25) is 0 Å². The average Bonchev–Trinajstić information content (AvgIpc) is 1.99. The lowest BCUT2D eigenvalue weighted by Crippen LogP contribution is -2.34. The van der Waals surface area contributed by atoms with Gasteiger partial charge in [0.25, 0.3) is 0 Å². The standard InChI is InChI=1S/C10H23NO2/c1-10(2,3)9(12)7-8(11)5-6-13-4/h8-9,12H,5-7,11H2,1-4H3. The minimum Gasteiger partial charge on any atom is -0.393 e. The van der Waals surface area contributed by atoms with Crippen molar-refractivity contribution >= 4 is 0 Å². The Morgan fingerprint density at radius 3 is 2.31 bits per heavy atom. The van der Waals surface area contributed by atoms with Gasteiger partial charge in [0, 0.05) is 19.8 Å². The highest BCUT2D eigenvalue weighted by molar-refractivity contribution is 4.77. The van der Waals surface area contributed by atoms with Crippen LogP contribution in [0.4, 0.5) is 0 Å². The second-order valence-electron chi connectivity index (χ2n) is 4.66. The Labute approximate surface area is 81.3 Å². The van der Waals surface area contributed by atoms with E-state index in [0.717, 1.165) is 6.42 Å². The van der Waals surface area contributed by atoms with E-state index in [1.165, 1.54) is 0 Å². The monoisotopic (exact) mass is 189 g/mol. The molecule has 0 heterocycles. The van der Waals surface area contributed by atoms with Crippen LogP contribution in [-0.4, -0.2) is 31.0 Å². The van der Waals surface area contributed by atoms with Crippen molar-refractivity contribution in [1.82, 2.24) is 0 Å². The van der Waals surface area contributed by atoms with Crippen LogP contribution >= 0.6 is 0 Å². The minimum absolute atomic E-state index is 0.0363. The summed E-state index contributed by atoms with van der Waals surface area (Å²) in [5.41, 5.74) is 5.74. The van der Waals surface area contributed by atoms with E-state index in [4.69, 9.17) is 10.5 Å². The SMILES string of the molecule is COCCC(N)CC(O)C(C)(C)C. The van der Waals surface area contributed by atoms with E-state index in [1.54, 1.807) is 7.11 Å². The van der Waals surface area contributed by atoms with Gasteiger partial charge in [-0.1, -0.05) is 20.8 Å². The summed E-state index contributed by atoms with van der Waals surface area (Å²) in [6, 6.07) is 0.0363. The number of ether oxygens (including phenoxy) is 1. The number of methoxy groups -OCH3 is 1. The lowest BCUT2D eigenvalue weighted by atomic mass is 9.85. The molecule has 0 aliphatic carbocycles. The van der Waals surface area contributed by atoms with Gasteiger partial charge in [0.15, 0.2) is 0 Å². The topological polar surface area (TPSA) is 55.5 Å². The van der Waals surface area contributed by atoms with Crippen LogP contribution in [0, 0.1) is 5.41 Å². The first-order chi connectivity index (χ1) is 5.88. The van der Waals surface area contributed by atoms with Crippen molar-refractivity contribution in [3.05, 3.63) is 0 Å². The van der Waals surface area contributed by atoms with Crippen molar-refractivity contribution in [2.75, 3.05) is 13.7 Å². The predicted molar refractivity (Wildman–Crippen MR) is 54.5 cm³/mol. The van der Waals surface area contributed by atoms with Crippen LogP contribution in [0.3, 0.4) is 0 Å². The number of nitrogens with two attached hydrogens (primary N) is 1. The molecular weight excluding hydrogens is 166 g/mol. The third-order valence-electron chi connectivity index (χ3n) is 2.22. The number of hydrogen-bond donors (Lipinski definition) is 2. The maximum Gasteiger partial charge on any atom is 0.0603 e. The zero-order valence-electron chi connectivity index (χ0n) is 9.21. The Bertz CT molecular complexity index is 131. The van der Waals surface area contributed by atoms with Gasteiger partial charge in [-0.3, -0.25) is 0 Å². The fraction of sp³-hybridized carbons (Fsp3) is 1.00. The highest BCUT2D eigenvalue weighted by Crippen LogP contribution is 2.22. The average molecular weight is 189 g/mol. The highest BCUT2D eigenvalue weighted by Gasteiger charge is 2.23. The lowest BCUT2D eigenvalue weighted by molar-refractivity contribution is 0.0465. The van der Waals surface area contributed by atoms with Gasteiger partial charge in [-0.25, -0.2) is 0 Å². The minimum atomic E-state index is -0.334. The Kier molecular flexibility index (Phi) is 5.53. The maximum atomic E-state index is 9.73. The van der Waals surface area contributed by atoms with Crippen molar-refractivity contribution in [3.8, 4) is 0 Å². The van der Waals surface area contributed by atoms with Crippen molar-refractivity contribution in [2.45, 2.75) is 45.8 Å². The van der Waals surface area contributed by atoms with Gasteiger partial charge in [0.05, 0.1) is 6.10 Å². The summed E-state index contributed by atoms with van der Waals surface area (Å²) >= 11 is 0. The number of hydrogen-bond acceptors (Lipinski definition) is 3. The van der Waals surface area contributed by atoms with Crippen LogP contribution in [0.5, 0.6) is 0 Å². The quantitative estimate of drug-likeness (QED) is 0.682. The zero-order chi connectivity index (χ0) is 10.5. The second kappa shape index (κ2) is 5.58. The molecule has 0 spiro atoms. The summed E-state index contributed by atoms with van der Waals surface area (Å²) in [5, 5.41) is 9.73. The molecule has 3 N–H and O–H groups in total. The molecule has 0 aromatic heterocycles. The maximum absolute atomic E-state index is 9.73. The Hall–Kier alpha value is -0.120. The molecule has 0 aromatic carbocycles. The molecule has 0 radical (unpaired) electrons. The smallest absolute Gasteiger partial charge is 0.0603 e. The van der Waals surface area contributed by atoms with E-state index >= 15 is 0 Å². The van der Waals surface area contributed by atoms with Gasteiger partial charge in [0.1, 0.15) is 0 Å². The molecule has 3 heteroatoms. The first-order valence-electron chi connectivity index (χ1n) is 4.80. The first-order valence-corrected chi connectivity index (χ1v) is 4.80. The summed E-state index contributed by atoms with van der Waals surface area (Å²) in [4.78, 5) is 0. The molecule has 0 aliphatic heterocycles. The summed E-state index contributed by atoms with van der Waals surface area (Å²) in [7, 11) is 1.66. The summed E-state index contributed by atoms with van der Waals surface area (Å²) in [5.74, 6) is 0. The van der Waals surface area contributed by atoms with Gasteiger partial charge in [-0.05, 0) is 18.3 Å². The van der Waals surface area contributed by atoms with Crippen LogP contribution in [0.2, 0.25) is 0 Å². The first kappa shape index (κ1) is 12.9. The van der Waals surface area contributed by atoms with Gasteiger partial charge in [-0.15, -0.1) is 0 Å². The molecule has 3 nitrogen and oxygen atoms in total. The molecule has 0 fully saturated rings. The van der Waals surface area contributed by atoms with E-state index < -0.39 is 0 Å². The molecular formula is C10H23NO2. The molecule has 13 heavy (non-hydrogen) atoms. The molecule has 80 valence electrons.